The van der Waals surface area contributed by atoms with Crippen LogP contribution in [0.1, 0.15) is 18.0 Å². The molecule has 4 heteroatoms. The fourth-order valence-electron chi connectivity index (χ4n) is 0.862. The van der Waals surface area contributed by atoms with Crippen LogP contribution >= 0.6 is 11.6 Å². The van der Waals surface area contributed by atoms with Gasteiger partial charge in [0.25, 0.3) is 0 Å². The maximum absolute atomic E-state index is 11.1. The van der Waals surface area contributed by atoms with E-state index in [0.717, 1.165) is 0 Å². The molecule has 0 saturated carbocycles. The van der Waals surface area contributed by atoms with Crippen LogP contribution in [-0.2, 0) is 9.53 Å². The van der Waals surface area contributed by atoms with Crippen LogP contribution in [0.3, 0.4) is 0 Å². The maximum Gasteiger partial charge on any atom is 0.330 e. The zero-order valence-corrected chi connectivity index (χ0v) is 7.99. The monoisotopic (exact) mass is 199 g/mol. The number of ether oxygens (including phenoxy) is 1. The molecular formula is C9H10ClNO2. The molecule has 1 aromatic heterocycles. The number of esters is 1. The van der Waals surface area contributed by atoms with Crippen molar-refractivity contribution in [2.45, 2.75) is 12.3 Å². The summed E-state index contributed by atoms with van der Waals surface area (Å²) < 4.78 is 4.75. The number of carbonyl (C=O) groups excluding carboxylic acids is 1. The second-order valence-electron chi connectivity index (χ2n) is 2.37. The van der Waals surface area contributed by atoms with Crippen LogP contribution in [0.2, 0.25) is 0 Å². The minimum atomic E-state index is -0.804. The molecule has 0 aromatic carbocycles. The van der Waals surface area contributed by atoms with E-state index in [-0.39, 0.29) is 0 Å². The van der Waals surface area contributed by atoms with Gasteiger partial charge in [0, 0.05) is 6.20 Å². The molecular weight excluding hydrogens is 190 g/mol. The average Bonchev–Trinajstić information content (AvgIpc) is 2.18. The lowest BCUT2D eigenvalue weighted by molar-refractivity contribution is -0.142. The van der Waals surface area contributed by atoms with Crippen molar-refractivity contribution >= 4 is 17.6 Å². The van der Waals surface area contributed by atoms with E-state index in [1.807, 2.05) is 0 Å². The van der Waals surface area contributed by atoms with E-state index < -0.39 is 11.3 Å². The Kier molecular flexibility index (Phi) is 3.71. The smallest absolute Gasteiger partial charge is 0.330 e. The summed E-state index contributed by atoms with van der Waals surface area (Å²) in [6.45, 7) is 2.06. The van der Waals surface area contributed by atoms with Gasteiger partial charge in [-0.25, -0.2) is 0 Å². The number of alkyl halides is 1. The summed E-state index contributed by atoms with van der Waals surface area (Å²) >= 11 is 5.80. The highest BCUT2D eigenvalue weighted by Crippen LogP contribution is 2.18. The summed E-state index contributed by atoms with van der Waals surface area (Å²) in [7, 11) is 0. The molecule has 0 fully saturated rings. The van der Waals surface area contributed by atoms with Gasteiger partial charge in [0.1, 0.15) is 0 Å². The van der Waals surface area contributed by atoms with Crippen LogP contribution in [0.15, 0.2) is 24.4 Å². The molecule has 0 spiro atoms. The van der Waals surface area contributed by atoms with Crippen LogP contribution in [-0.4, -0.2) is 17.6 Å². The van der Waals surface area contributed by atoms with Gasteiger partial charge in [-0.2, -0.15) is 0 Å². The van der Waals surface area contributed by atoms with Crippen molar-refractivity contribution in [3.63, 3.8) is 0 Å². The van der Waals surface area contributed by atoms with Crippen LogP contribution in [0.4, 0.5) is 0 Å². The van der Waals surface area contributed by atoms with E-state index >= 15 is 0 Å². The molecule has 1 aromatic rings. The standard InChI is InChI=1S/C9H10ClNO2/c1-2-13-9(12)8(10)7-5-3-4-6-11-7/h3-6,8H,2H2,1H3. The van der Waals surface area contributed by atoms with Gasteiger partial charge in [-0.1, -0.05) is 6.07 Å². The topological polar surface area (TPSA) is 39.2 Å². The first-order valence-corrected chi connectivity index (χ1v) is 4.41. The Balaban J connectivity index is 2.68. The zero-order valence-electron chi connectivity index (χ0n) is 7.24. The Morgan fingerprint density at radius 2 is 2.46 bits per heavy atom. The molecule has 3 nitrogen and oxygen atoms in total. The van der Waals surface area contributed by atoms with Crippen molar-refractivity contribution in [1.29, 1.82) is 0 Å². The lowest BCUT2D eigenvalue weighted by Gasteiger charge is -2.06. The fraction of sp³-hybridized carbons (Fsp3) is 0.333. The molecule has 0 N–H and O–H groups in total. The molecule has 1 unspecified atom stereocenters. The van der Waals surface area contributed by atoms with E-state index in [1.165, 1.54) is 0 Å². The van der Waals surface area contributed by atoms with Crippen LogP contribution in [0.5, 0.6) is 0 Å². The van der Waals surface area contributed by atoms with Crippen molar-refractivity contribution in [1.82, 2.24) is 4.98 Å². The minimum absolute atomic E-state index is 0.328. The van der Waals surface area contributed by atoms with E-state index in [2.05, 4.69) is 4.98 Å². The normalized spacial score (nSPS) is 12.2. The lowest BCUT2D eigenvalue weighted by atomic mass is 10.3. The van der Waals surface area contributed by atoms with Gasteiger partial charge in [-0.15, -0.1) is 11.6 Å². The largest absolute Gasteiger partial charge is 0.465 e. The number of carbonyl (C=O) groups is 1. The van der Waals surface area contributed by atoms with Gasteiger partial charge in [-0.05, 0) is 19.1 Å². The predicted molar refractivity (Wildman–Crippen MR) is 49.5 cm³/mol. The molecule has 0 radical (unpaired) electrons. The highest BCUT2D eigenvalue weighted by Gasteiger charge is 2.19. The third kappa shape index (κ3) is 2.70. The van der Waals surface area contributed by atoms with Crippen molar-refractivity contribution in [2.24, 2.45) is 0 Å². The first-order valence-electron chi connectivity index (χ1n) is 3.97. The third-order valence-corrected chi connectivity index (χ3v) is 1.84. The Bertz CT molecular complexity index is 276. The minimum Gasteiger partial charge on any atom is -0.465 e. The highest BCUT2D eigenvalue weighted by molar-refractivity contribution is 6.29. The molecule has 0 saturated heterocycles. The van der Waals surface area contributed by atoms with Crippen molar-refractivity contribution in [2.75, 3.05) is 6.61 Å². The van der Waals surface area contributed by atoms with Gasteiger partial charge in [0.05, 0.1) is 12.3 Å². The van der Waals surface area contributed by atoms with Crippen LogP contribution < -0.4 is 0 Å². The lowest BCUT2D eigenvalue weighted by Crippen LogP contribution is -2.11. The van der Waals surface area contributed by atoms with Crippen molar-refractivity contribution in [3.8, 4) is 0 Å². The Morgan fingerprint density at radius 3 is 3.00 bits per heavy atom. The van der Waals surface area contributed by atoms with Gasteiger partial charge < -0.3 is 4.74 Å². The van der Waals surface area contributed by atoms with Gasteiger partial charge in [0.15, 0.2) is 5.38 Å². The number of aromatic nitrogens is 1. The van der Waals surface area contributed by atoms with Crippen LogP contribution in [0.25, 0.3) is 0 Å². The summed E-state index contributed by atoms with van der Waals surface area (Å²) in [6, 6.07) is 5.23. The van der Waals surface area contributed by atoms with Crippen molar-refractivity contribution < 1.29 is 9.53 Å². The number of halogens is 1. The summed E-state index contributed by atoms with van der Waals surface area (Å²) in [5.74, 6) is -0.456. The first-order chi connectivity index (χ1) is 6.25. The van der Waals surface area contributed by atoms with Crippen molar-refractivity contribution in [3.05, 3.63) is 30.1 Å². The second-order valence-corrected chi connectivity index (χ2v) is 2.81. The molecule has 1 heterocycles. The molecule has 0 aliphatic carbocycles. The Hall–Kier alpha value is -1.09. The molecule has 0 bridgehead atoms. The number of rotatable bonds is 3. The summed E-state index contributed by atoms with van der Waals surface area (Å²) in [5.41, 5.74) is 0.516. The summed E-state index contributed by atoms with van der Waals surface area (Å²) in [4.78, 5) is 15.1. The molecule has 0 aliphatic rings. The van der Waals surface area contributed by atoms with Gasteiger partial charge in [0.2, 0.25) is 0 Å². The summed E-state index contributed by atoms with van der Waals surface area (Å²) in [6.07, 6.45) is 1.59. The fourth-order valence-corrected chi connectivity index (χ4v) is 1.05. The first kappa shape index (κ1) is 9.99. The number of hydrogen-bond donors (Lipinski definition) is 0. The predicted octanol–water partition coefficient (Wildman–Crippen LogP) is 1.92. The van der Waals surface area contributed by atoms with Gasteiger partial charge >= 0.3 is 5.97 Å². The number of hydrogen-bond acceptors (Lipinski definition) is 3. The molecule has 0 amide bonds. The number of nitrogens with zero attached hydrogens (tertiary/aromatic N) is 1. The second kappa shape index (κ2) is 4.82. The zero-order chi connectivity index (χ0) is 9.68. The van der Waals surface area contributed by atoms with E-state index in [9.17, 15) is 4.79 Å². The number of pyridine rings is 1. The Labute approximate surface area is 81.7 Å². The summed E-state index contributed by atoms with van der Waals surface area (Å²) in [5, 5.41) is -0.804. The SMILES string of the molecule is CCOC(=O)C(Cl)c1ccccn1. The van der Waals surface area contributed by atoms with E-state index in [4.69, 9.17) is 16.3 Å². The molecule has 0 aliphatic heterocycles. The molecule has 1 atom stereocenters. The van der Waals surface area contributed by atoms with Gasteiger partial charge in [-0.3, -0.25) is 9.78 Å². The average molecular weight is 200 g/mol. The van der Waals surface area contributed by atoms with E-state index in [1.54, 1.807) is 31.3 Å². The quantitative estimate of drug-likeness (QED) is 0.552. The Morgan fingerprint density at radius 1 is 1.69 bits per heavy atom. The molecule has 70 valence electrons. The molecule has 1 rings (SSSR count). The molecule has 13 heavy (non-hydrogen) atoms. The van der Waals surface area contributed by atoms with Crippen LogP contribution in [0, 0.1) is 0 Å². The van der Waals surface area contributed by atoms with E-state index in [0.29, 0.717) is 12.3 Å². The highest BCUT2D eigenvalue weighted by atomic mass is 35.5. The third-order valence-electron chi connectivity index (χ3n) is 1.44. The maximum atomic E-state index is 11.1.